The van der Waals surface area contributed by atoms with Crippen LogP contribution in [0.4, 0.5) is 13.2 Å². The second-order valence-electron chi connectivity index (χ2n) is 6.57. The topological polar surface area (TPSA) is 57.8 Å². The van der Waals surface area contributed by atoms with Crippen molar-refractivity contribution in [3.05, 3.63) is 89.6 Å². The van der Waals surface area contributed by atoms with E-state index in [1.807, 2.05) is 42.5 Å². The van der Waals surface area contributed by atoms with Gasteiger partial charge in [-0.2, -0.15) is 18.3 Å². The number of aromatic amines is 1. The Morgan fingerprint density at radius 2 is 1.72 bits per heavy atom. The van der Waals surface area contributed by atoms with Gasteiger partial charge in [0, 0.05) is 12.1 Å². The number of hydrogen-bond acceptors (Lipinski definition) is 2. The highest BCUT2D eigenvalue weighted by atomic mass is 19.4. The van der Waals surface area contributed by atoms with E-state index in [1.54, 1.807) is 6.07 Å². The Hall–Kier alpha value is -3.61. The van der Waals surface area contributed by atoms with E-state index in [2.05, 4.69) is 15.5 Å². The lowest BCUT2D eigenvalue weighted by molar-refractivity contribution is -0.137. The fourth-order valence-electron chi connectivity index (χ4n) is 3.16. The number of carbonyl (C=O) groups is 1. The van der Waals surface area contributed by atoms with Crippen LogP contribution in [0.25, 0.3) is 22.0 Å². The van der Waals surface area contributed by atoms with Gasteiger partial charge in [0.25, 0.3) is 5.91 Å². The Bertz CT molecular complexity index is 1180. The van der Waals surface area contributed by atoms with Crippen molar-refractivity contribution >= 4 is 16.7 Å². The molecule has 1 aromatic heterocycles. The van der Waals surface area contributed by atoms with Crippen LogP contribution in [0.1, 0.15) is 21.6 Å². The molecular weight excluding hydrogens is 379 g/mol. The summed E-state index contributed by atoms with van der Waals surface area (Å²) in [6.45, 7) is -0.0224. The van der Waals surface area contributed by atoms with Crippen molar-refractivity contribution < 1.29 is 18.0 Å². The zero-order valence-electron chi connectivity index (χ0n) is 15.1. The second kappa shape index (κ2) is 7.43. The van der Waals surface area contributed by atoms with E-state index < -0.39 is 17.6 Å². The Morgan fingerprint density at radius 1 is 0.966 bits per heavy atom. The van der Waals surface area contributed by atoms with Crippen LogP contribution >= 0.6 is 0 Å². The largest absolute Gasteiger partial charge is 0.416 e. The second-order valence-corrected chi connectivity index (χ2v) is 6.57. The highest BCUT2D eigenvalue weighted by molar-refractivity contribution is 5.98. The van der Waals surface area contributed by atoms with Crippen LogP contribution < -0.4 is 5.32 Å². The van der Waals surface area contributed by atoms with Gasteiger partial charge in [-0.15, -0.1) is 0 Å². The summed E-state index contributed by atoms with van der Waals surface area (Å²) in [5.41, 5.74) is 1.35. The molecule has 0 atom stereocenters. The summed E-state index contributed by atoms with van der Waals surface area (Å²) in [7, 11) is 0. The standard InChI is InChI=1S/C22H16F3N3O/c23-22(24,25)16-8-3-5-14(11-16)13-26-21(29)20-12-19(27-28-20)18-10-4-7-15-6-1-2-9-17(15)18/h1-12H,13H2,(H,26,29)(H,27,28). The fraction of sp³-hybridized carbons (Fsp3) is 0.0909. The van der Waals surface area contributed by atoms with Crippen LogP contribution in [0.2, 0.25) is 0 Å². The third-order valence-corrected chi connectivity index (χ3v) is 4.60. The van der Waals surface area contributed by atoms with Crippen molar-refractivity contribution in [2.24, 2.45) is 0 Å². The van der Waals surface area contributed by atoms with Crippen LogP contribution in [0.15, 0.2) is 72.8 Å². The number of alkyl halides is 3. The molecule has 0 aliphatic carbocycles. The van der Waals surface area contributed by atoms with Gasteiger partial charge in [0.2, 0.25) is 0 Å². The van der Waals surface area contributed by atoms with Crippen molar-refractivity contribution in [1.82, 2.24) is 15.5 Å². The molecule has 3 aromatic carbocycles. The molecule has 1 amide bonds. The van der Waals surface area contributed by atoms with E-state index >= 15 is 0 Å². The quantitative estimate of drug-likeness (QED) is 0.500. The Morgan fingerprint density at radius 3 is 2.55 bits per heavy atom. The molecular formula is C22H16F3N3O. The number of amides is 1. The first-order valence-corrected chi connectivity index (χ1v) is 8.90. The molecule has 29 heavy (non-hydrogen) atoms. The number of carbonyl (C=O) groups excluding carboxylic acids is 1. The maximum atomic E-state index is 12.8. The summed E-state index contributed by atoms with van der Waals surface area (Å²) in [6, 6.07) is 20.2. The lowest BCUT2D eigenvalue weighted by Gasteiger charge is -2.09. The molecule has 0 saturated heterocycles. The predicted molar refractivity (Wildman–Crippen MR) is 104 cm³/mol. The molecule has 146 valence electrons. The van der Waals surface area contributed by atoms with E-state index in [0.29, 0.717) is 11.3 Å². The van der Waals surface area contributed by atoms with E-state index in [9.17, 15) is 18.0 Å². The number of nitrogens with zero attached hydrogens (tertiary/aromatic N) is 1. The van der Waals surface area contributed by atoms with Crippen molar-refractivity contribution in [3.63, 3.8) is 0 Å². The number of aromatic nitrogens is 2. The summed E-state index contributed by atoms with van der Waals surface area (Å²) in [6.07, 6.45) is -4.42. The van der Waals surface area contributed by atoms with Crippen LogP contribution in [0.5, 0.6) is 0 Å². The van der Waals surface area contributed by atoms with Gasteiger partial charge in [0.15, 0.2) is 0 Å². The van der Waals surface area contributed by atoms with E-state index in [1.165, 1.54) is 12.1 Å². The van der Waals surface area contributed by atoms with Crippen molar-refractivity contribution in [3.8, 4) is 11.3 Å². The van der Waals surface area contributed by atoms with E-state index in [0.717, 1.165) is 28.5 Å². The Kier molecular flexibility index (Phi) is 4.80. The zero-order chi connectivity index (χ0) is 20.4. The van der Waals surface area contributed by atoms with E-state index in [-0.39, 0.29) is 12.2 Å². The van der Waals surface area contributed by atoms with Gasteiger partial charge in [-0.25, -0.2) is 0 Å². The first-order valence-electron chi connectivity index (χ1n) is 8.90. The number of fused-ring (bicyclic) bond motifs is 1. The minimum absolute atomic E-state index is 0.0224. The molecule has 0 spiro atoms. The molecule has 0 aliphatic heterocycles. The molecule has 4 nitrogen and oxygen atoms in total. The van der Waals surface area contributed by atoms with Crippen LogP contribution in [-0.2, 0) is 12.7 Å². The number of benzene rings is 3. The van der Waals surface area contributed by atoms with Crippen LogP contribution in [0, 0.1) is 0 Å². The van der Waals surface area contributed by atoms with Gasteiger partial charge in [0.05, 0.1) is 11.3 Å². The normalized spacial score (nSPS) is 11.6. The average Bonchev–Trinajstić information content (AvgIpc) is 3.21. The van der Waals surface area contributed by atoms with Gasteiger partial charge < -0.3 is 5.32 Å². The van der Waals surface area contributed by atoms with E-state index in [4.69, 9.17) is 0 Å². The van der Waals surface area contributed by atoms with Gasteiger partial charge in [0.1, 0.15) is 5.69 Å². The summed E-state index contributed by atoms with van der Waals surface area (Å²) in [5, 5.41) is 11.6. The fourth-order valence-corrected chi connectivity index (χ4v) is 3.16. The summed E-state index contributed by atoms with van der Waals surface area (Å²) in [4.78, 5) is 12.4. The van der Waals surface area contributed by atoms with Crippen molar-refractivity contribution in [2.75, 3.05) is 0 Å². The number of nitrogens with one attached hydrogen (secondary N) is 2. The number of hydrogen-bond donors (Lipinski definition) is 2. The molecule has 0 aliphatic rings. The van der Waals surface area contributed by atoms with Crippen molar-refractivity contribution in [2.45, 2.75) is 12.7 Å². The third-order valence-electron chi connectivity index (χ3n) is 4.60. The third kappa shape index (κ3) is 3.99. The maximum absolute atomic E-state index is 12.8. The molecule has 4 aromatic rings. The predicted octanol–water partition coefficient (Wildman–Crippen LogP) is 5.18. The smallest absolute Gasteiger partial charge is 0.347 e. The first kappa shape index (κ1) is 18.7. The SMILES string of the molecule is O=C(NCc1cccc(C(F)(F)F)c1)c1cc(-c2cccc3ccccc23)n[nH]1. The minimum Gasteiger partial charge on any atom is -0.347 e. The average molecular weight is 395 g/mol. The number of halogens is 3. The van der Waals surface area contributed by atoms with Crippen molar-refractivity contribution in [1.29, 1.82) is 0 Å². The number of rotatable bonds is 4. The molecule has 7 heteroatoms. The molecule has 1 heterocycles. The minimum atomic E-state index is -4.42. The molecule has 0 saturated carbocycles. The molecule has 0 unspecified atom stereocenters. The van der Waals surface area contributed by atoms with Crippen LogP contribution in [0.3, 0.4) is 0 Å². The highest BCUT2D eigenvalue weighted by Gasteiger charge is 2.30. The summed E-state index contributed by atoms with van der Waals surface area (Å²) in [5.74, 6) is -0.443. The lowest BCUT2D eigenvalue weighted by atomic mass is 10.0. The monoisotopic (exact) mass is 395 g/mol. The van der Waals surface area contributed by atoms with Crippen LogP contribution in [-0.4, -0.2) is 16.1 Å². The molecule has 0 radical (unpaired) electrons. The summed E-state index contributed by atoms with van der Waals surface area (Å²) < 4.78 is 38.4. The van der Waals surface area contributed by atoms with Gasteiger partial charge in [-0.1, -0.05) is 54.6 Å². The Labute approximate surface area is 164 Å². The Balaban J connectivity index is 1.51. The van der Waals surface area contributed by atoms with Gasteiger partial charge in [-0.05, 0) is 34.5 Å². The maximum Gasteiger partial charge on any atom is 0.416 e. The van der Waals surface area contributed by atoms with Gasteiger partial charge in [-0.3, -0.25) is 9.89 Å². The molecule has 0 fully saturated rings. The zero-order valence-corrected chi connectivity index (χ0v) is 15.1. The highest BCUT2D eigenvalue weighted by Crippen LogP contribution is 2.30. The lowest BCUT2D eigenvalue weighted by Crippen LogP contribution is -2.23. The molecule has 0 bridgehead atoms. The molecule has 4 rings (SSSR count). The van der Waals surface area contributed by atoms with Gasteiger partial charge >= 0.3 is 6.18 Å². The first-order chi connectivity index (χ1) is 13.9. The molecule has 2 N–H and O–H groups in total. The summed E-state index contributed by atoms with van der Waals surface area (Å²) >= 11 is 0. The number of H-pyrrole nitrogens is 1.